The molecule has 0 saturated heterocycles. The molecule has 0 aliphatic heterocycles. The molecule has 0 heterocycles. The maximum Gasteiger partial charge on any atom is 0.323 e. The monoisotopic (exact) mass is 245 g/mol. The summed E-state index contributed by atoms with van der Waals surface area (Å²) in [6, 6.07) is -0.590. The maximum absolute atomic E-state index is 11.3. The van der Waals surface area contributed by atoms with Crippen LogP contribution in [-0.2, 0) is 9.59 Å². The van der Waals surface area contributed by atoms with Crippen LogP contribution >= 0.6 is 0 Å². The standard InChI is InChI=1S/C10H19N3O4/c1-4-10(3,8(15)16)12-6-7(14)13-9(17)11-5-2/h12H,4-6H2,1-3H3,(H,15,16)(H2,11,13,14,17). The van der Waals surface area contributed by atoms with Crippen molar-refractivity contribution < 1.29 is 19.5 Å². The second-order valence-electron chi connectivity index (χ2n) is 3.75. The third-order valence-electron chi connectivity index (χ3n) is 2.41. The first-order valence-corrected chi connectivity index (χ1v) is 5.41. The van der Waals surface area contributed by atoms with Crippen molar-refractivity contribution in [3.05, 3.63) is 0 Å². The minimum atomic E-state index is -1.17. The van der Waals surface area contributed by atoms with Crippen molar-refractivity contribution in [2.45, 2.75) is 32.7 Å². The summed E-state index contributed by atoms with van der Waals surface area (Å²) >= 11 is 0. The lowest BCUT2D eigenvalue weighted by Gasteiger charge is -2.24. The summed E-state index contributed by atoms with van der Waals surface area (Å²) in [4.78, 5) is 33.2. The van der Waals surface area contributed by atoms with Crippen LogP contribution in [0.2, 0.25) is 0 Å². The number of hydrogen-bond acceptors (Lipinski definition) is 4. The highest BCUT2D eigenvalue weighted by molar-refractivity contribution is 5.95. The Morgan fingerprint density at radius 2 is 1.82 bits per heavy atom. The van der Waals surface area contributed by atoms with Crippen LogP contribution in [0.5, 0.6) is 0 Å². The van der Waals surface area contributed by atoms with Gasteiger partial charge in [0.25, 0.3) is 0 Å². The van der Waals surface area contributed by atoms with Crippen molar-refractivity contribution in [2.75, 3.05) is 13.1 Å². The summed E-state index contributed by atoms with van der Waals surface area (Å²) in [7, 11) is 0. The molecule has 0 fully saturated rings. The number of rotatable bonds is 6. The van der Waals surface area contributed by atoms with E-state index in [4.69, 9.17) is 5.11 Å². The first kappa shape index (κ1) is 15.4. The van der Waals surface area contributed by atoms with Gasteiger partial charge in [0.05, 0.1) is 6.54 Å². The first-order chi connectivity index (χ1) is 7.85. The average Bonchev–Trinajstić information content (AvgIpc) is 2.25. The smallest absolute Gasteiger partial charge is 0.323 e. The fourth-order valence-corrected chi connectivity index (χ4v) is 1.00. The van der Waals surface area contributed by atoms with Gasteiger partial charge in [-0.2, -0.15) is 0 Å². The van der Waals surface area contributed by atoms with Crippen molar-refractivity contribution in [2.24, 2.45) is 0 Å². The van der Waals surface area contributed by atoms with E-state index in [0.717, 1.165) is 0 Å². The van der Waals surface area contributed by atoms with Gasteiger partial charge in [-0.3, -0.25) is 20.2 Å². The van der Waals surface area contributed by atoms with Gasteiger partial charge in [0.15, 0.2) is 0 Å². The molecule has 1 unspecified atom stereocenters. The Kier molecular flexibility index (Phi) is 6.19. The van der Waals surface area contributed by atoms with Crippen LogP contribution in [0.4, 0.5) is 4.79 Å². The highest BCUT2D eigenvalue weighted by Crippen LogP contribution is 2.08. The van der Waals surface area contributed by atoms with Gasteiger partial charge in [0.1, 0.15) is 5.54 Å². The molecule has 0 aromatic carbocycles. The fraction of sp³-hybridized carbons (Fsp3) is 0.700. The second kappa shape index (κ2) is 6.85. The SMILES string of the molecule is CCNC(=O)NC(=O)CNC(C)(CC)C(=O)O. The van der Waals surface area contributed by atoms with Crippen molar-refractivity contribution in [3.63, 3.8) is 0 Å². The lowest BCUT2D eigenvalue weighted by Crippen LogP contribution is -2.53. The van der Waals surface area contributed by atoms with E-state index in [-0.39, 0.29) is 6.54 Å². The number of carbonyl (C=O) groups is 3. The van der Waals surface area contributed by atoms with Crippen molar-refractivity contribution in [3.8, 4) is 0 Å². The summed E-state index contributed by atoms with van der Waals surface area (Å²) in [6.45, 7) is 5.08. The lowest BCUT2D eigenvalue weighted by atomic mass is 9.99. The largest absolute Gasteiger partial charge is 0.480 e. The number of aliphatic carboxylic acids is 1. The summed E-state index contributed by atoms with van der Waals surface area (Å²) in [5, 5.41) is 16.0. The summed E-state index contributed by atoms with van der Waals surface area (Å²) in [6.07, 6.45) is 0.330. The number of imide groups is 1. The number of carboxylic acids is 1. The van der Waals surface area contributed by atoms with E-state index in [0.29, 0.717) is 13.0 Å². The molecule has 0 aromatic heterocycles. The zero-order valence-corrected chi connectivity index (χ0v) is 10.3. The summed E-state index contributed by atoms with van der Waals surface area (Å²) < 4.78 is 0. The Morgan fingerprint density at radius 1 is 1.24 bits per heavy atom. The highest BCUT2D eigenvalue weighted by atomic mass is 16.4. The molecule has 7 heteroatoms. The van der Waals surface area contributed by atoms with E-state index in [9.17, 15) is 14.4 Å². The molecule has 3 amide bonds. The molecule has 0 aliphatic rings. The summed E-state index contributed by atoms with van der Waals surface area (Å²) in [5.41, 5.74) is -1.17. The van der Waals surface area contributed by atoms with Gasteiger partial charge in [0, 0.05) is 6.54 Å². The van der Waals surface area contributed by atoms with Crippen LogP contribution in [0.15, 0.2) is 0 Å². The number of carboxylic acid groups (broad SMARTS) is 1. The number of carbonyl (C=O) groups excluding carboxylic acids is 2. The Balaban J connectivity index is 4.15. The molecule has 0 bridgehead atoms. The van der Waals surface area contributed by atoms with Crippen LogP contribution in [0.1, 0.15) is 27.2 Å². The number of hydrogen-bond donors (Lipinski definition) is 4. The molecule has 1 atom stereocenters. The van der Waals surface area contributed by atoms with Gasteiger partial charge in [-0.1, -0.05) is 6.92 Å². The average molecular weight is 245 g/mol. The predicted octanol–water partition coefficient (Wildman–Crippen LogP) is -0.325. The fourth-order valence-electron chi connectivity index (χ4n) is 1.00. The first-order valence-electron chi connectivity index (χ1n) is 5.41. The lowest BCUT2D eigenvalue weighted by molar-refractivity contribution is -0.144. The molecule has 7 nitrogen and oxygen atoms in total. The van der Waals surface area contributed by atoms with Crippen LogP contribution < -0.4 is 16.0 Å². The molecular weight excluding hydrogens is 226 g/mol. The van der Waals surface area contributed by atoms with Gasteiger partial charge in [-0.25, -0.2) is 4.79 Å². The van der Waals surface area contributed by atoms with Crippen LogP contribution in [0.25, 0.3) is 0 Å². The molecule has 0 rings (SSSR count). The van der Waals surface area contributed by atoms with Crippen LogP contribution in [0, 0.1) is 0 Å². The number of amides is 3. The second-order valence-corrected chi connectivity index (χ2v) is 3.75. The Bertz CT molecular complexity index is 306. The molecule has 4 N–H and O–H groups in total. The molecule has 0 aromatic rings. The maximum atomic E-state index is 11.3. The zero-order chi connectivity index (χ0) is 13.5. The minimum absolute atomic E-state index is 0.228. The minimum Gasteiger partial charge on any atom is -0.480 e. The molecule has 0 aliphatic carbocycles. The number of nitrogens with one attached hydrogen (secondary N) is 3. The van der Waals surface area contributed by atoms with Gasteiger partial charge in [-0.15, -0.1) is 0 Å². The van der Waals surface area contributed by atoms with Gasteiger partial charge in [-0.05, 0) is 20.3 Å². The van der Waals surface area contributed by atoms with Crippen LogP contribution in [0.3, 0.4) is 0 Å². The van der Waals surface area contributed by atoms with E-state index in [1.54, 1.807) is 13.8 Å². The predicted molar refractivity (Wildman–Crippen MR) is 61.5 cm³/mol. The third kappa shape index (κ3) is 5.30. The van der Waals surface area contributed by atoms with Gasteiger partial charge >= 0.3 is 12.0 Å². The molecule has 0 saturated carbocycles. The summed E-state index contributed by atoms with van der Waals surface area (Å²) in [5.74, 6) is -1.61. The van der Waals surface area contributed by atoms with E-state index in [1.807, 2.05) is 0 Å². The normalized spacial score (nSPS) is 13.6. The Morgan fingerprint density at radius 3 is 2.24 bits per heavy atom. The van der Waals surface area contributed by atoms with E-state index < -0.39 is 23.4 Å². The quantitative estimate of drug-likeness (QED) is 0.513. The van der Waals surface area contributed by atoms with E-state index >= 15 is 0 Å². The van der Waals surface area contributed by atoms with Gasteiger partial charge < -0.3 is 10.4 Å². The molecule has 17 heavy (non-hydrogen) atoms. The van der Waals surface area contributed by atoms with Crippen molar-refractivity contribution in [1.29, 1.82) is 0 Å². The Hall–Kier alpha value is -1.63. The van der Waals surface area contributed by atoms with E-state index in [1.165, 1.54) is 6.92 Å². The van der Waals surface area contributed by atoms with Crippen molar-refractivity contribution in [1.82, 2.24) is 16.0 Å². The number of urea groups is 1. The zero-order valence-electron chi connectivity index (χ0n) is 10.3. The highest BCUT2D eigenvalue weighted by Gasteiger charge is 2.30. The molecule has 98 valence electrons. The Labute approximate surface area is 100.0 Å². The molecular formula is C10H19N3O4. The van der Waals surface area contributed by atoms with Crippen LogP contribution in [-0.4, -0.2) is 41.6 Å². The molecule has 0 spiro atoms. The van der Waals surface area contributed by atoms with Gasteiger partial charge in [0.2, 0.25) is 5.91 Å². The topological polar surface area (TPSA) is 108 Å². The van der Waals surface area contributed by atoms with E-state index in [2.05, 4.69) is 16.0 Å². The molecule has 0 radical (unpaired) electrons. The van der Waals surface area contributed by atoms with Crippen molar-refractivity contribution >= 4 is 17.9 Å². The third-order valence-corrected chi connectivity index (χ3v) is 2.41.